The third kappa shape index (κ3) is 4.19. The summed E-state index contributed by atoms with van der Waals surface area (Å²) in [5.74, 6) is 0.738. The van der Waals surface area contributed by atoms with E-state index in [0.717, 1.165) is 36.4 Å². The Morgan fingerprint density at radius 1 is 1.60 bits per heavy atom. The van der Waals surface area contributed by atoms with Crippen LogP contribution in [0.5, 0.6) is 0 Å². The van der Waals surface area contributed by atoms with Crippen LogP contribution in [0.2, 0.25) is 0 Å². The largest absolute Gasteiger partial charge is 0.392 e. The molecule has 2 aromatic heterocycles. The summed E-state index contributed by atoms with van der Waals surface area (Å²) in [7, 11) is 0. The van der Waals surface area contributed by atoms with Gasteiger partial charge in [0.15, 0.2) is 10.6 Å². The molecule has 3 N–H and O–H groups in total. The summed E-state index contributed by atoms with van der Waals surface area (Å²) in [6.45, 7) is 3.05. The van der Waals surface area contributed by atoms with Gasteiger partial charge in [-0.1, -0.05) is 25.8 Å². The molecule has 1 aliphatic rings. The van der Waals surface area contributed by atoms with E-state index in [1.165, 1.54) is 0 Å². The molecule has 0 bridgehead atoms. The highest BCUT2D eigenvalue weighted by Gasteiger charge is 2.35. The molecular weight excluding hydrogens is 356 g/mol. The number of aromatic amines is 1. The molecule has 0 aromatic carbocycles. The zero-order valence-corrected chi connectivity index (χ0v) is 16.0. The van der Waals surface area contributed by atoms with Crippen LogP contribution in [0.3, 0.4) is 0 Å². The zero-order valence-electron chi connectivity index (χ0n) is 14.3. The monoisotopic (exact) mass is 380 g/mol. The Kier molecular flexibility index (Phi) is 5.71. The van der Waals surface area contributed by atoms with Crippen molar-refractivity contribution in [3.05, 3.63) is 22.3 Å². The van der Waals surface area contributed by atoms with Crippen LogP contribution in [0, 0.1) is 10.2 Å². The molecule has 0 aliphatic heterocycles. The number of nitrogens with one attached hydrogen (secondary N) is 2. The Morgan fingerprint density at radius 2 is 2.44 bits per heavy atom. The summed E-state index contributed by atoms with van der Waals surface area (Å²) in [5.41, 5.74) is -0.220. The number of carbonyl (C=O) groups excluding carboxylic acids is 1. The topological polar surface area (TPSA) is 82.9 Å². The van der Waals surface area contributed by atoms with Gasteiger partial charge in [0.05, 0.1) is 11.0 Å². The van der Waals surface area contributed by atoms with Gasteiger partial charge in [0, 0.05) is 24.9 Å². The molecule has 0 saturated heterocycles. The van der Waals surface area contributed by atoms with E-state index in [1.54, 1.807) is 11.3 Å². The Morgan fingerprint density at radius 3 is 3.16 bits per heavy atom. The number of hydrogen-bond donors (Lipinski definition) is 3. The lowest BCUT2D eigenvalue weighted by molar-refractivity contribution is -0.122. The van der Waals surface area contributed by atoms with Crippen LogP contribution < -0.4 is 5.32 Å². The number of hydrogen-bond acceptors (Lipinski definition) is 5. The van der Waals surface area contributed by atoms with E-state index in [4.69, 9.17) is 12.2 Å². The Hall–Kier alpha value is -1.51. The quantitative estimate of drug-likeness (QED) is 0.673. The third-order valence-electron chi connectivity index (χ3n) is 5.03. The van der Waals surface area contributed by atoms with Gasteiger partial charge < -0.3 is 10.4 Å². The SMILES string of the molecule is C[C@@]1(CNC(=O)CCn2c(-c3cccs3)n[nH]c2=S)CCCC[C@@H]1O. The first-order valence-corrected chi connectivity index (χ1v) is 9.92. The second-order valence-corrected chi connectivity index (χ2v) is 8.26. The van der Waals surface area contributed by atoms with Crippen LogP contribution in [0.1, 0.15) is 39.0 Å². The zero-order chi connectivity index (χ0) is 17.9. The molecule has 1 fully saturated rings. The molecule has 25 heavy (non-hydrogen) atoms. The third-order valence-corrected chi connectivity index (χ3v) is 6.21. The highest BCUT2D eigenvalue weighted by Crippen LogP contribution is 2.35. The summed E-state index contributed by atoms with van der Waals surface area (Å²) in [6.07, 6.45) is 3.93. The molecule has 2 heterocycles. The molecular formula is C17H24N4O2S2. The van der Waals surface area contributed by atoms with Gasteiger partial charge in [-0.25, -0.2) is 0 Å². The van der Waals surface area contributed by atoms with E-state index in [9.17, 15) is 9.90 Å². The van der Waals surface area contributed by atoms with Gasteiger partial charge in [0.1, 0.15) is 0 Å². The Bertz CT molecular complexity index is 768. The number of aliphatic hydroxyl groups excluding tert-OH is 1. The van der Waals surface area contributed by atoms with E-state index >= 15 is 0 Å². The van der Waals surface area contributed by atoms with Crippen LogP contribution >= 0.6 is 23.6 Å². The Balaban J connectivity index is 1.57. The molecule has 0 unspecified atom stereocenters. The Labute approximate surface area is 156 Å². The first-order chi connectivity index (χ1) is 12.0. The lowest BCUT2D eigenvalue weighted by Crippen LogP contribution is -2.45. The highest BCUT2D eigenvalue weighted by atomic mass is 32.1. The highest BCUT2D eigenvalue weighted by molar-refractivity contribution is 7.71. The van der Waals surface area contributed by atoms with E-state index in [1.807, 2.05) is 22.1 Å². The predicted octanol–water partition coefficient (Wildman–Crippen LogP) is 3.12. The number of aliphatic hydroxyl groups is 1. The maximum absolute atomic E-state index is 12.3. The first kappa shape index (κ1) is 18.3. The number of carbonyl (C=O) groups is 1. The van der Waals surface area contributed by atoms with Crippen LogP contribution in [0.4, 0.5) is 0 Å². The minimum Gasteiger partial charge on any atom is -0.392 e. The number of H-pyrrole nitrogens is 1. The number of rotatable bonds is 6. The summed E-state index contributed by atoms with van der Waals surface area (Å²) in [5, 5.41) is 22.3. The number of aromatic nitrogens is 3. The normalized spacial score (nSPS) is 23.5. The number of amides is 1. The van der Waals surface area contributed by atoms with Crippen molar-refractivity contribution in [2.75, 3.05) is 6.54 Å². The molecule has 3 rings (SSSR count). The average molecular weight is 381 g/mol. The fraction of sp³-hybridized carbons (Fsp3) is 0.588. The van der Waals surface area contributed by atoms with Gasteiger partial charge in [-0.3, -0.25) is 14.5 Å². The smallest absolute Gasteiger partial charge is 0.221 e. The first-order valence-electron chi connectivity index (χ1n) is 8.63. The van der Waals surface area contributed by atoms with Crippen molar-refractivity contribution < 1.29 is 9.90 Å². The van der Waals surface area contributed by atoms with Gasteiger partial charge in [0.2, 0.25) is 5.91 Å². The van der Waals surface area contributed by atoms with Crippen molar-refractivity contribution >= 4 is 29.5 Å². The molecule has 1 saturated carbocycles. The maximum atomic E-state index is 12.3. The van der Waals surface area contributed by atoms with E-state index < -0.39 is 0 Å². The van der Waals surface area contributed by atoms with Crippen molar-refractivity contribution in [2.24, 2.45) is 5.41 Å². The van der Waals surface area contributed by atoms with Crippen molar-refractivity contribution in [2.45, 2.75) is 51.7 Å². The van der Waals surface area contributed by atoms with Crippen LogP contribution in [-0.4, -0.2) is 38.4 Å². The summed E-state index contributed by atoms with van der Waals surface area (Å²) < 4.78 is 2.38. The van der Waals surface area contributed by atoms with Gasteiger partial charge in [-0.2, -0.15) is 5.10 Å². The van der Waals surface area contributed by atoms with Gasteiger partial charge in [-0.05, 0) is 36.5 Å². The fourth-order valence-corrected chi connectivity index (χ4v) is 4.25. The van der Waals surface area contributed by atoms with Gasteiger partial charge in [-0.15, -0.1) is 11.3 Å². The minimum absolute atomic E-state index is 0.0285. The van der Waals surface area contributed by atoms with Crippen molar-refractivity contribution in [3.63, 3.8) is 0 Å². The van der Waals surface area contributed by atoms with Crippen LogP contribution in [0.15, 0.2) is 17.5 Å². The molecule has 2 atom stereocenters. The molecule has 6 nitrogen and oxygen atoms in total. The number of thiophene rings is 1. The van der Waals surface area contributed by atoms with Crippen molar-refractivity contribution in [1.29, 1.82) is 0 Å². The molecule has 1 aliphatic carbocycles. The van der Waals surface area contributed by atoms with Crippen molar-refractivity contribution in [1.82, 2.24) is 20.1 Å². The van der Waals surface area contributed by atoms with E-state index in [2.05, 4.69) is 22.4 Å². The molecule has 1 amide bonds. The van der Waals surface area contributed by atoms with Crippen LogP contribution in [0.25, 0.3) is 10.7 Å². The maximum Gasteiger partial charge on any atom is 0.221 e. The second kappa shape index (κ2) is 7.80. The van der Waals surface area contributed by atoms with E-state index in [0.29, 0.717) is 24.3 Å². The average Bonchev–Trinajstić information content (AvgIpc) is 3.24. The predicted molar refractivity (Wildman–Crippen MR) is 101 cm³/mol. The molecule has 8 heteroatoms. The molecule has 0 spiro atoms. The summed E-state index contributed by atoms with van der Waals surface area (Å²) in [6, 6.07) is 3.95. The standard InChI is InChI=1S/C17H24N4O2S2/c1-17(8-3-2-6-13(17)22)11-18-14(23)7-9-21-15(19-20-16(21)24)12-5-4-10-25-12/h4-5,10,13,22H,2-3,6-9,11H2,1H3,(H,18,23)(H,20,24)/t13-,17-/m0/s1. The second-order valence-electron chi connectivity index (χ2n) is 6.92. The number of nitrogens with zero attached hydrogens (tertiary/aromatic N) is 2. The minimum atomic E-state index is -0.338. The summed E-state index contributed by atoms with van der Waals surface area (Å²) >= 11 is 6.87. The fourth-order valence-electron chi connectivity index (χ4n) is 3.31. The van der Waals surface area contributed by atoms with Gasteiger partial charge in [0.25, 0.3) is 0 Å². The molecule has 0 radical (unpaired) electrons. The van der Waals surface area contributed by atoms with Crippen molar-refractivity contribution in [3.8, 4) is 10.7 Å². The molecule has 136 valence electrons. The van der Waals surface area contributed by atoms with Gasteiger partial charge >= 0.3 is 0 Å². The molecule has 2 aromatic rings. The lowest BCUT2D eigenvalue weighted by Gasteiger charge is -2.38. The summed E-state index contributed by atoms with van der Waals surface area (Å²) in [4.78, 5) is 13.3. The lowest BCUT2D eigenvalue weighted by atomic mass is 9.73. The van der Waals surface area contributed by atoms with Crippen LogP contribution in [-0.2, 0) is 11.3 Å². The van der Waals surface area contributed by atoms with E-state index in [-0.39, 0.29) is 17.4 Å².